The number of alkyl halides is 1. The summed E-state index contributed by atoms with van der Waals surface area (Å²) >= 11 is 9.21. The Balaban J connectivity index is 2.63. The predicted molar refractivity (Wildman–Crippen MR) is 74.3 cm³/mol. The molecule has 96 valence electrons. The molecule has 0 aliphatic rings. The molecule has 0 amide bonds. The van der Waals surface area contributed by atoms with Gasteiger partial charge in [-0.15, -0.1) is 0 Å². The number of sulfonamides is 1. The molecule has 0 bridgehead atoms. The van der Waals surface area contributed by atoms with Crippen molar-refractivity contribution in [3.05, 3.63) is 29.3 Å². The molecule has 6 heteroatoms. The number of nitrogens with one attached hydrogen (secondary N) is 1. The van der Waals surface area contributed by atoms with E-state index in [0.717, 1.165) is 12.8 Å². The van der Waals surface area contributed by atoms with Gasteiger partial charge in [0, 0.05) is 16.4 Å². The van der Waals surface area contributed by atoms with E-state index in [1.807, 2.05) is 6.92 Å². The normalized spacial score (nSPS) is 13.6. The van der Waals surface area contributed by atoms with Crippen LogP contribution in [0.1, 0.15) is 19.8 Å². The molecule has 0 spiro atoms. The number of halogens is 2. The second kappa shape index (κ2) is 6.73. The maximum absolute atomic E-state index is 11.9. The van der Waals surface area contributed by atoms with Gasteiger partial charge in [-0.2, -0.15) is 0 Å². The lowest BCUT2D eigenvalue weighted by molar-refractivity contribution is 0.577. The lowest BCUT2D eigenvalue weighted by Crippen LogP contribution is -2.26. The van der Waals surface area contributed by atoms with Gasteiger partial charge >= 0.3 is 0 Å². The first-order valence-electron chi connectivity index (χ1n) is 5.35. The van der Waals surface area contributed by atoms with Crippen molar-refractivity contribution in [1.82, 2.24) is 4.72 Å². The molecular weight excluding hydrogens is 326 g/mol. The minimum atomic E-state index is -3.44. The number of hydrogen-bond acceptors (Lipinski definition) is 2. The monoisotopic (exact) mass is 339 g/mol. The number of benzene rings is 1. The molecular formula is C11H15BrClNO2S. The molecule has 0 saturated carbocycles. The quantitative estimate of drug-likeness (QED) is 0.808. The zero-order chi connectivity index (χ0) is 12.9. The highest BCUT2D eigenvalue weighted by atomic mass is 79.9. The third kappa shape index (κ3) is 4.95. The molecule has 1 atom stereocenters. The van der Waals surface area contributed by atoms with E-state index in [4.69, 9.17) is 11.6 Å². The molecule has 1 rings (SSSR count). The zero-order valence-corrected chi connectivity index (χ0v) is 12.6. The second-order valence-electron chi connectivity index (χ2n) is 3.65. The molecule has 1 N–H and O–H groups in total. The highest BCUT2D eigenvalue weighted by molar-refractivity contribution is 9.09. The molecule has 0 saturated heterocycles. The first-order valence-corrected chi connectivity index (χ1v) is 8.12. The summed E-state index contributed by atoms with van der Waals surface area (Å²) in [4.78, 5) is 0.539. The standard InChI is InChI=1S/C11H15BrClNO2S/c1-2-9(12)6-7-14-17(15,16)11-5-3-4-10(13)8-11/h3-5,8-9,14H,2,6-7H2,1H3. The second-order valence-corrected chi connectivity index (χ2v) is 7.15. The van der Waals surface area contributed by atoms with Crippen LogP contribution in [-0.4, -0.2) is 19.8 Å². The van der Waals surface area contributed by atoms with Crippen molar-refractivity contribution in [1.29, 1.82) is 0 Å². The summed E-state index contributed by atoms with van der Waals surface area (Å²) in [7, 11) is -3.44. The van der Waals surface area contributed by atoms with Crippen molar-refractivity contribution in [2.24, 2.45) is 0 Å². The van der Waals surface area contributed by atoms with Crippen LogP contribution in [0, 0.1) is 0 Å². The van der Waals surface area contributed by atoms with Crippen LogP contribution in [0.3, 0.4) is 0 Å². The van der Waals surface area contributed by atoms with Crippen LogP contribution in [0.15, 0.2) is 29.2 Å². The summed E-state index contributed by atoms with van der Waals surface area (Å²) in [5.41, 5.74) is 0. The van der Waals surface area contributed by atoms with Crippen molar-refractivity contribution in [2.45, 2.75) is 29.5 Å². The topological polar surface area (TPSA) is 46.2 Å². The number of rotatable bonds is 6. The fourth-order valence-corrected chi connectivity index (χ4v) is 2.85. The van der Waals surface area contributed by atoms with Gasteiger partial charge in [0.25, 0.3) is 0 Å². The molecule has 0 fully saturated rings. The fraction of sp³-hybridized carbons (Fsp3) is 0.455. The molecule has 1 aromatic carbocycles. The SMILES string of the molecule is CCC(Br)CCNS(=O)(=O)c1cccc(Cl)c1. The van der Waals surface area contributed by atoms with Crippen LogP contribution in [0.4, 0.5) is 0 Å². The van der Waals surface area contributed by atoms with Gasteiger partial charge in [-0.1, -0.05) is 40.5 Å². The maximum atomic E-state index is 11.9. The van der Waals surface area contributed by atoms with Crippen LogP contribution in [0.2, 0.25) is 5.02 Å². The third-order valence-corrected chi connectivity index (χ3v) is 5.10. The summed E-state index contributed by atoms with van der Waals surface area (Å²) < 4.78 is 26.3. The van der Waals surface area contributed by atoms with Crippen LogP contribution < -0.4 is 4.72 Å². The molecule has 0 heterocycles. The Kier molecular flexibility index (Phi) is 5.92. The van der Waals surface area contributed by atoms with Gasteiger partial charge in [0.05, 0.1) is 4.90 Å². The summed E-state index contributed by atoms with van der Waals surface area (Å²) in [6, 6.07) is 6.23. The van der Waals surface area contributed by atoms with Crippen molar-refractivity contribution < 1.29 is 8.42 Å². The van der Waals surface area contributed by atoms with E-state index in [2.05, 4.69) is 20.7 Å². The van der Waals surface area contributed by atoms with Gasteiger partial charge in [0.2, 0.25) is 10.0 Å². The summed E-state index contributed by atoms with van der Waals surface area (Å²) in [6.07, 6.45) is 1.73. The van der Waals surface area contributed by atoms with E-state index in [-0.39, 0.29) is 4.90 Å². The molecule has 17 heavy (non-hydrogen) atoms. The van der Waals surface area contributed by atoms with Gasteiger partial charge in [0.1, 0.15) is 0 Å². The van der Waals surface area contributed by atoms with Gasteiger partial charge in [-0.3, -0.25) is 0 Å². The van der Waals surface area contributed by atoms with E-state index in [0.29, 0.717) is 16.4 Å². The van der Waals surface area contributed by atoms with E-state index >= 15 is 0 Å². The van der Waals surface area contributed by atoms with E-state index in [9.17, 15) is 8.42 Å². The van der Waals surface area contributed by atoms with Gasteiger partial charge < -0.3 is 0 Å². The maximum Gasteiger partial charge on any atom is 0.240 e. The smallest absolute Gasteiger partial charge is 0.211 e. The van der Waals surface area contributed by atoms with Crippen molar-refractivity contribution in [3.8, 4) is 0 Å². The average molecular weight is 341 g/mol. The minimum absolute atomic E-state index is 0.202. The molecule has 1 unspecified atom stereocenters. The van der Waals surface area contributed by atoms with Crippen molar-refractivity contribution in [3.63, 3.8) is 0 Å². The minimum Gasteiger partial charge on any atom is -0.211 e. The molecule has 0 aromatic heterocycles. The van der Waals surface area contributed by atoms with Crippen LogP contribution >= 0.6 is 27.5 Å². The summed E-state index contributed by atoms with van der Waals surface area (Å²) in [5, 5.41) is 0.416. The van der Waals surface area contributed by atoms with Crippen molar-refractivity contribution >= 4 is 37.6 Å². The van der Waals surface area contributed by atoms with Crippen molar-refractivity contribution in [2.75, 3.05) is 6.54 Å². The highest BCUT2D eigenvalue weighted by Gasteiger charge is 2.14. The Labute approximate surface area is 116 Å². The first-order chi connectivity index (χ1) is 7.95. The molecule has 0 aliphatic carbocycles. The van der Waals surface area contributed by atoms with Gasteiger partial charge in [-0.25, -0.2) is 13.1 Å². The summed E-state index contributed by atoms with van der Waals surface area (Å²) in [5.74, 6) is 0. The van der Waals surface area contributed by atoms with E-state index in [1.165, 1.54) is 12.1 Å². The Morgan fingerprint density at radius 2 is 2.18 bits per heavy atom. The average Bonchev–Trinajstić information content (AvgIpc) is 2.28. The fourth-order valence-electron chi connectivity index (χ4n) is 1.27. The van der Waals surface area contributed by atoms with Crippen LogP contribution in [0.25, 0.3) is 0 Å². The lowest BCUT2D eigenvalue weighted by Gasteiger charge is -2.09. The zero-order valence-electron chi connectivity index (χ0n) is 9.49. The molecule has 1 aromatic rings. The predicted octanol–water partition coefficient (Wildman–Crippen LogP) is 3.18. The Morgan fingerprint density at radius 3 is 2.76 bits per heavy atom. The third-order valence-electron chi connectivity index (χ3n) is 2.30. The van der Waals surface area contributed by atoms with E-state index in [1.54, 1.807) is 12.1 Å². The first kappa shape index (κ1) is 15.0. The highest BCUT2D eigenvalue weighted by Crippen LogP contribution is 2.15. The molecule has 3 nitrogen and oxygen atoms in total. The van der Waals surface area contributed by atoms with Gasteiger partial charge in [-0.05, 0) is 31.0 Å². The van der Waals surface area contributed by atoms with Crippen LogP contribution in [-0.2, 0) is 10.0 Å². The number of hydrogen-bond donors (Lipinski definition) is 1. The van der Waals surface area contributed by atoms with Crippen LogP contribution in [0.5, 0.6) is 0 Å². The Morgan fingerprint density at radius 1 is 1.47 bits per heavy atom. The van der Waals surface area contributed by atoms with Gasteiger partial charge in [0.15, 0.2) is 0 Å². The van der Waals surface area contributed by atoms with E-state index < -0.39 is 10.0 Å². The largest absolute Gasteiger partial charge is 0.240 e. The summed E-state index contributed by atoms with van der Waals surface area (Å²) in [6.45, 7) is 2.46. The Hall–Kier alpha value is -0.100. The molecule has 0 aliphatic heterocycles. The molecule has 0 radical (unpaired) electrons. The lowest BCUT2D eigenvalue weighted by atomic mass is 10.2. The Bertz CT molecular complexity index is 464.